The van der Waals surface area contributed by atoms with E-state index >= 15 is 0 Å². The molecule has 1 amide bonds. The minimum Gasteiger partial charge on any atom is -0.378 e. The molecule has 4 rings (SSSR count). The number of carbonyl (C=O) groups is 1. The van der Waals surface area contributed by atoms with E-state index < -0.39 is 0 Å². The maximum Gasteiger partial charge on any atom is 0.233 e. The number of morpholine rings is 1. The molecule has 8 heteroatoms. The standard InChI is InChI=1S/C22H31N5O2S/c28-20(25-11-7-2-1-3-8-12-25)18-30-22-24-23-21(26-13-15-29-16-14-26)27(22)17-19-9-5-4-6-10-19/h4-6,9-10H,1-3,7-8,11-18H2. The van der Waals surface area contributed by atoms with Crippen LogP contribution in [0.5, 0.6) is 0 Å². The van der Waals surface area contributed by atoms with Crippen LogP contribution >= 0.6 is 11.8 Å². The number of hydrogen-bond donors (Lipinski definition) is 0. The topological polar surface area (TPSA) is 63.5 Å². The summed E-state index contributed by atoms with van der Waals surface area (Å²) in [4.78, 5) is 17.1. The van der Waals surface area contributed by atoms with Crippen LogP contribution in [-0.2, 0) is 16.1 Å². The van der Waals surface area contributed by atoms with Crippen molar-refractivity contribution in [1.29, 1.82) is 0 Å². The van der Waals surface area contributed by atoms with E-state index in [9.17, 15) is 4.79 Å². The summed E-state index contributed by atoms with van der Waals surface area (Å²) in [7, 11) is 0. The summed E-state index contributed by atoms with van der Waals surface area (Å²) in [6, 6.07) is 10.3. The van der Waals surface area contributed by atoms with Crippen molar-refractivity contribution in [2.24, 2.45) is 0 Å². The minimum absolute atomic E-state index is 0.212. The Morgan fingerprint density at radius 1 is 0.933 bits per heavy atom. The molecule has 2 aliphatic heterocycles. The van der Waals surface area contributed by atoms with E-state index in [1.54, 1.807) is 0 Å². The third kappa shape index (κ3) is 5.55. The summed E-state index contributed by atoms with van der Waals surface area (Å²) < 4.78 is 7.64. The van der Waals surface area contributed by atoms with Crippen LogP contribution in [0.4, 0.5) is 5.95 Å². The first-order valence-electron chi connectivity index (χ1n) is 11.0. The molecule has 3 heterocycles. The fourth-order valence-corrected chi connectivity index (χ4v) is 4.84. The molecular formula is C22H31N5O2S. The number of likely N-dealkylation sites (tertiary alicyclic amines) is 1. The van der Waals surface area contributed by atoms with Gasteiger partial charge in [-0.05, 0) is 18.4 Å². The van der Waals surface area contributed by atoms with Crippen LogP contribution in [0, 0.1) is 0 Å². The Morgan fingerprint density at radius 2 is 1.63 bits per heavy atom. The number of amides is 1. The first kappa shape index (κ1) is 21.2. The zero-order valence-electron chi connectivity index (χ0n) is 17.5. The van der Waals surface area contributed by atoms with Gasteiger partial charge < -0.3 is 14.5 Å². The maximum atomic E-state index is 12.8. The summed E-state index contributed by atoms with van der Waals surface area (Å²) in [6.07, 6.45) is 5.98. The Bertz CT molecular complexity index is 799. The van der Waals surface area contributed by atoms with E-state index in [0.717, 1.165) is 50.1 Å². The molecule has 0 unspecified atom stereocenters. The van der Waals surface area contributed by atoms with Crippen LogP contribution in [0.15, 0.2) is 35.5 Å². The number of benzene rings is 1. The average Bonchev–Trinajstić information content (AvgIpc) is 3.15. The van der Waals surface area contributed by atoms with Crippen molar-refractivity contribution in [2.75, 3.05) is 50.0 Å². The number of carbonyl (C=O) groups excluding carboxylic acids is 1. The summed E-state index contributed by atoms with van der Waals surface area (Å²) >= 11 is 1.51. The van der Waals surface area contributed by atoms with E-state index in [1.165, 1.54) is 36.6 Å². The molecule has 2 saturated heterocycles. The fraction of sp³-hybridized carbons (Fsp3) is 0.591. The lowest BCUT2D eigenvalue weighted by molar-refractivity contribution is -0.128. The molecule has 0 saturated carbocycles. The lowest BCUT2D eigenvalue weighted by Gasteiger charge is -2.28. The normalized spacial score (nSPS) is 18.1. The first-order chi connectivity index (χ1) is 14.8. The zero-order valence-corrected chi connectivity index (χ0v) is 18.4. The second kappa shape index (κ2) is 10.8. The SMILES string of the molecule is O=C(CSc1nnc(N2CCOCC2)n1Cc1ccccc1)N1CCCCCCC1. The van der Waals surface area contributed by atoms with Gasteiger partial charge in [0, 0.05) is 26.2 Å². The predicted octanol–water partition coefficient (Wildman–Crippen LogP) is 3.05. The molecule has 1 aromatic carbocycles. The molecule has 0 atom stereocenters. The number of rotatable bonds is 6. The molecule has 7 nitrogen and oxygen atoms in total. The number of nitrogens with zero attached hydrogens (tertiary/aromatic N) is 5. The molecule has 0 radical (unpaired) electrons. The summed E-state index contributed by atoms with van der Waals surface area (Å²) in [6.45, 7) is 5.49. The third-order valence-electron chi connectivity index (χ3n) is 5.71. The highest BCUT2D eigenvalue weighted by Crippen LogP contribution is 2.25. The lowest BCUT2D eigenvalue weighted by Crippen LogP contribution is -2.38. The Labute approximate surface area is 182 Å². The van der Waals surface area contributed by atoms with Crippen LogP contribution in [-0.4, -0.2) is 70.7 Å². The Balaban J connectivity index is 1.47. The molecule has 1 aromatic heterocycles. The highest BCUT2D eigenvalue weighted by atomic mass is 32.2. The Kier molecular flexibility index (Phi) is 7.64. The van der Waals surface area contributed by atoms with Gasteiger partial charge in [0.05, 0.1) is 25.5 Å². The average molecular weight is 430 g/mol. The van der Waals surface area contributed by atoms with Crippen molar-refractivity contribution in [3.05, 3.63) is 35.9 Å². The highest BCUT2D eigenvalue weighted by molar-refractivity contribution is 7.99. The second-order valence-corrected chi connectivity index (χ2v) is 8.83. The monoisotopic (exact) mass is 429 g/mol. The van der Waals surface area contributed by atoms with E-state index in [1.807, 2.05) is 23.1 Å². The van der Waals surface area contributed by atoms with E-state index in [-0.39, 0.29) is 5.91 Å². The molecular weight excluding hydrogens is 398 g/mol. The van der Waals surface area contributed by atoms with Gasteiger partial charge in [-0.2, -0.15) is 0 Å². The molecule has 0 aliphatic carbocycles. The second-order valence-electron chi connectivity index (χ2n) is 7.89. The molecule has 30 heavy (non-hydrogen) atoms. The molecule has 2 aromatic rings. The van der Waals surface area contributed by atoms with E-state index in [2.05, 4.69) is 31.8 Å². The van der Waals surface area contributed by atoms with Crippen LogP contribution in [0.2, 0.25) is 0 Å². The predicted molar refractivity (Wildman–Crippen MR) is 119 cm³/mol. The van der Waals surface area contributed by atoms with Gasteiger partial charge in [-0.1, -0.05) is 61.4 Å². The van der Waals surface area contributed by atoms with Crippen LogP contribution in [0.3, 0.4) is 0 Å². The highest BCUT2D eigenvalue weighted by Gasteiger charge is 2.22. The summed E-state index contributed by atoms with van der Waals surface area (Å²) in [5.74, 6) is 1.49. The minimum atomic E-state index is 0.212. The molecule has 0 N–H and O–H groups in total. The van der Waals surface area contributed by atoms with Gasteiger partial charge in [0.15, 0.2) is 5.16 Å². The number of aromatic nitrogens is 3. The quantitative estimate of drug-likeness (QED) is 0.658. The molecule has 0 bridgehead atoms. The van der Waals surface area contributed by atoms with Gasteiger partial charge in [0.25, 0.3) is 0 Å². The lowest BCUT2D eigenvalue weighted by atomic mass is 10.1. The Hall–Kier alpha value is -2.06. The van der Waals surface area contributed by atoms with Crippen molar-refractivity contribution in [3.8, 4) is 0 Å². The molecule has 2 aliphatic rings. The van der Waals surface area contributed by atoms with Gasteiger partial charge in [-0.15, -0.1) is 10.2 Å². The largest absolute Gasteiger partial charge is 0.378 e. The fourth-order valence-electron chi connectivity index (χ4n) is 4.00. The summed E-state index contributed by atoms with van der Waals surface area (Å²) in [5.41, 5.74) is 1.20. The molecule has 2 fully saturated rings. The van der Waals surface area contributed by atoms with Crippen LogP contribution in [0.25, 0.3) is 0 Å². The van der Waals surface area contributed by atoms with Gasteiger partial charge in [-0.25, -0.2) is 0 Å². The van der Waals surface area contributed by atoms with Gasteiger partial charge in [0.2, 0.25) is 11.9 Å². The number of thioether (sulfide) groups is 1. The van der Waals surface area contributed by atoms with Gasteiger partial charge in [0.1, 0.15) is 0 Å². The van der Waals surface area contributed by atoms with Crippen molar-refractivity contribution < 1.29 is 9.53 Å². The van der Waals surface area contributed by atoms with Crippen molar-refractivity contribution in [3.63, 3.8) is 0 Å². The summed E-state index contributed by atoms with van der Waals surface area (Å²) in [5, 5.41) is 9.76. The van der Waals surface area contributed by atoms with Crippen molar-refractivity contribution >= 4 is 23.6 Å². The number of anilines is 1. The first-order valence-corrected chi connectivity index (χ1v) is 12.0. The van der Waals surface area contributed by atoms with Crippen molar-refractivity contribution in [1.82, 2.24) is 19.7 Å². The molecule has 162 valence electrons. The zero-order chi connectivity index (χ0) is 20.6. The van der Waals surface area contributed by atoms with Crippen LogP contribution < -0.4 is 4.90 Å². The maximum absolute atomic E-state index is 12.8. The number of ether oxygens (including phenoxy) is 1. The van der Waals surface area contributed by atoms with Crippen LogP contribution in [0.1, 0.15) is 37.7 Å². The van der Waals surface area contributed by atoms with Gasteiger partial charge in [-0.3, -0.25) is 9.36 Å². The Morgan fingerprint density at radius 3 is 2.37 bits per heavy atom. The van der Waals surface area contributed by atoms with Crippen molar-refractivity contribution in [2.45, 2.75) is 43.8 Å². The van der Waals surface area contributed by atoms with E-state index in [4.69, 9.17) is 4.74 Å². The van der Waals surface area contributed by atoms with E-state index in [0.29, 0.717) is 25.5 Å². The molecule has 0 spiro atoms. The number of hydrogen-bond acceptors (Lipinski definition) is 6. The van der Waals surface area contributed by atoms with Gasteiger partial charge >= 0.3 is 0 Å². The third-order valence-corrected chi connectivity index (χ3v) is 6.66. The smallest absolute Gasteiger partial charge is 0.233 e.